The minimum absolute atomic E-state index is 0.234. The van der Waals surface area contributed by atoms with Crippen molar-refractivity contribution in [3.8, 4) is 0 Å². The molecule has 2 rings (SSSR count). The van der Waals surface area contributed by atoms with E-state index in [0.717, 1.165) is 45.6 Å². The molecule has 1 saturated carbocycles. The Morgan fingerprint density at radius 2 is 1.65 bits per heavy atom. The lowest BCUT2D eigenvalue weighted by molar-refractivity contribution is -0.0372. The van der Waals surface area contributed by atoms with E-state index >= 15 is 0 Å². The zero-order valence-corrected chi connectivity index (χ0v) is 12.5. The number of nitrogens with zero attached hydrogens (tertiary/aromatic N) is 2. The first-order chi connectivity index (χ1) is 9.78. The van der Waals surface area contributed by atoms with Crippen molar-refractivity contribution in [3.63, 3.8) is 0 Å². The average Bonchev–Trinajstić information content (AvgIpc) is 2.49. The first kappa shape index (κ1) is 16.2. The standard InChI is InChI=1S/C15H30N2O3/c18-11-10-16-6-8-17(9-7-16)12-14(19)13-20-15-4-2-1-3-5-15/h14-15,18-19H,1-13H2/t14-/m1/s1. The first-order valence-electron chi connectivity index (χ1n) is 8.13. The molecule has 2 aliphatic rings. The summed E-state index contributed by atoms with van der Waals surface area (Å²) in [6, 6.07) is 0. The summed E-state index contributed by atoms with van der Waals surface area (Å²) in [5, 5.41) is 19.0. The molecule has 2 N–H and O–H groups in total. The van der Waals surface area contributed by atoms with E-state index in [0.29, 0.717) is 19.3 Å². The van der Waals surface area contributed by atoms with E-state index in [1.54, 1.807) is 0 Å². The molecule has 1 atom stereocenters. The van der Waals surface area contributed by atoms with Gasteiger partial charge in [-0.1, -0.05) is 19.3 Å². The number of ether oxygens (including phenoxy) is 1. The van der Waals surface area contributed by atoms with Gasteiger partial charge in [0.25, 0.3) is 0 Å². The van der Waals surface area contributed by atoms with Gasteiger partial charge in [-0.2, -0.15) is 0 Å². The maximum atomic E-state index is 10.1. The molecule has 5 heteroatoms. The van der Waals surface area contributed by atoms with E-state index in [4.69, 9.17) is 9.84 Å². The number of hydrogen-bond donors (Lipinski definition) is 2. The monoisotopic (exact) mass is 286 g/mol. The van der Waals surface area contributed by atoms with Gasteiger partial charge in [-0.25, -0.2) is 0 Å². The van der Waals surface area contributed by atoms with E-state index in [9.17, 15) is 5.11 Å². The van der Waals surface area contributed by atoms with Crippen molar-refractivity contribution in [2.45, 2.75) is 44.3 Å². The van der Waals surface area contributed by atoms with Crippen molar-refractivity contribution >= 4 is 0 Å². The Hall–Kier alpha value is -0.200. The molecule has 0 aromatic carbocycles. The predicted molar refractivity (Wildman–Crippen MR) is 78.8 cm³/mol. The molecule has 0 aromatic heterocycles. The number of piperazine rings is 1. The van der Waals surface area contributed by atoms with Crippen LogP contribution in [0.25, 0.3) is 0 Å². The van der Waals surface area contributed by atoms with Crippen LogP contribution in [0.15, 0.2) is 0 Å². The van der Waals surface area contributed by atoms with Crippen LogP contribution >= 0.6 is 0 Å². The van der Waals surface area contributed by atoms with Crippen LogP contribution in [0.1, 0.15) is 32.1 Å². The van der Waals surface area contributed by atoms with E-state index in [1.807, 2.05) is 0 Å². The van der Waals surface area contributed by atoms with Gasteiger partial charge in [-0.15, -0.1) is 0 Å². The highest BCUT2D eigenvalue weighted by Crippen LogP contribution is 2.20. The van der Waals surface area contributed by atoms with Crippen LogP contribution in [0.4, 0.5) is 0 Å². The van der Waals surface area contributed by atoms with Crippen LogP contribution in [0, 0.1) is 0 Å². The Kier molecular flexibility index (Phi) is 7.24. The van der Waals surface area contributed by atoms with Gasteiger partial charge in [0.05, 0.1) is 25.4 Å². The van der Waals surface area contributed by atoms with Gasteiger partial charge in [-0.3, -0.25) is 9.80 Å². The number of aliphatic hydroxyl groups is 2. The van der Waals surface area contributed by atoms with Crippen LogP contribution in [0.5, 0.6) is 0 Å². The third-order valence-corrected chi connectivity index (χ3v) is 4.43. The minimum Gasteiger partial charge on any atom is -0.395 e. The predicted octanol–water partition coefficient (Wildman–Crippen LogP) is 0.307. The second kappa shape index (κ2) is 8.95. The fourth-order valence-corrected chi connectivity index (χ4v) is 3.17. The molecule has 0 spiro atoms. The van der Waals surface area contributed by atoms with E-state index in [1.165, 1.54) is 19.3 Å². The van der Waals surface area contributed by atoms with Crippen LogP contribution in [-0.4, -0.2) is 84.7 Å². The number of aliphatic hydroxyl groups excluding tert-OH is 2. The quantitative estimate of drug-likeness (QED) is 0.705. The van der Waals surface area contributed by atoms with Gasteiger partial charge in [-0.05, 0) is 12.8 Å². The maximum absolute atomic E-state index is 10.1. The van der Waals surface area contributed by atoms with Gasteiger partial charge in [0.1, 0.15) is 0 Å². The summed E-state index contributed by atoms with van der Waals surface area (Å²) >= 11 is 0. The molecule has 2 fully saturated rings. The fraction of sp³-hybridized carbons (Fsp3) is 1.00. The third-order valence-electron chi connectivity index (χ3n) is 4.43. The topological polar surface area (TPSA) is 56.2 Å². The summed E-state index contributed by atoms with van der Waals surface area (Å²) in [4.78, 5) is 4.56. The second-order valence-corrected chi connectivity index (χ2v) is 6.11. The van der Waals surface area contributed by atoms with Crippen LogP contribution in [0.2, 0.25) is 0 Å². The molecule has 0 bridgehead atoms. The Morgan fingerprint density at radius 1 is 1.00 bits per heavy atom. The van der Waals surface area contributed by atoms with Crippen LogP contribution in [0.3, 0.4) is 0 Å². The molecular formula is C15H30N2O3. The maximum Gasteiger partial charge on any atom is 0.0900 e. The van der Waals surface area contributed by atoms with Gasteiger partial charge in [0.15, 0.2) is 0 Å². The molecule has 0 aromatic rings. The highest BCUT2D eigenvalue weighted by Gasteiger charge is 2.20. The highest BCUT2D eigenvalue weighted by molar-refractivity contribution is 4.74. The van der Waals surface area contributed by atoms with Gasteiger partial charge < -0.3 is 14.9 Å². The summed E-state index contributed by atoms with van der Waals surface area (Å²) in [5.41, 5.74) is 0. The van der Waals surface area contributed by atoms with Gasteiger partial charge in [0.2, 0.25) is 0 Å². The fourth-order valence-electron chi connectivity index (χ4n) is 3.17. The Balaban J connectivity index is 1.56. The van der Waals surface area contributed by atoms with E-state index in [-0.39, 0.29) is 12.7 Å². The third kappa shape index (κ3) is 5.66. The number of rotatable bonds is 7. The van der Waals surface area contributed by atoms with Crippen molar-refractivity contribution in [1.29, 1.82) is 0 Å². The molecule has 0 amide bonds. The Labute approximate surface area is 122 Å². The summed E-state index contributed by atoms with van der Waals surface area (Å²) in [6.45, 7) is 6.09. The SMILES string of the molecule is OCCN1CCN(C[C@@H](O)COC2CCCCC2)CC1. The van der Waals surface area contributed by atoms with E-state index in [2.05, 4.69) is 9.80 Å². The van der Waals surface area contributed by atoms with Crippen molar-refractivity contribution in [1.82, 2.24) is 9.80 Å². The summed E-state index contributed by atoms with van der Waals surface area (Å²) in [5.74, 6) is 0. The average molecular weight is 286 g/mol. The normalized spacial score (nSPS) is 24.9. The first-order valence-corrected chi connectivity index (χ1v) is 8.13. The molecule has 5 nitrogen and oxygen atoms in total. The number of hydrogen-bond acceptors (Lipinski definition) is 5. The van der Waals surface area contributed by atoms with Gasteiger partial charge in [0, 0.05) is 39.3 Å². The number of β-amino-alcohol motifs (C(OH)–C–C–N with tert-alkyl or cyclic N) is 2. The highest BCUT2D eigenvalue weighted by atomic mass is 16.5. The molecule has 1 aliphatic carbocycles. The zero-order valence-electron chi connectivity index (χ0n) is 12.5. The van der Waals surface area contributed by atoms with Crippen LogP contribution < -0.4 is 0 Å². The Morgan fingerprint density at radius 3 is 2.30 bits per heavy atom. The smallest absolute Gasteiger partial charge is 0.0900 e. The lowest BCUT2D eigenvalue weighted by Gasteiger charge is -2.35. The van der Waals surface area contributed by atoms with Crippen LogP contribution in [-0.2, 0) is 4.74 Å². The van der Waals surface area contributed by atoms with Crippen molar-refractivity contribution in [2.75, 3.05) is 52.5 Å². The van der Waals surface area contributed by atoms with Crippen molar-refractivity contribution in [2.24, 2.45) is 0 Å². The molecule has 20 heavy (non-hydrogen) atoms. The minimum atomic E-state index is -0.374. The van der Waals surface area contributed by atoms with Crippen molar-refractivity contribution < 1.29 is 14.9 Å². The zero-order chi connectivity index (χ0) is 14.2. The molecule has 1 heterocycles. The molecule has 1 aliphatic heterocycles. The van der Waals surface area contributed by atoms with E-state index < -0.39 is 0 Å². The lowest BCUT2D eigenvalue weighted by Crippen LogP contribution is -2.49. The largest absolute Gasteiger partial charge is 0.395 e. The molecular weight excluding hydrogens is 256 g/mol. The lowest BCUT2D eigenvalue weighted by atomic mass is 9.98. The molecule has 1 saturated heterocycles. The summed E-state index contributed by atoms with van der Waals surface area (Å²) < 4.78 is 5.83. The molecule has 0 radical (unpaired) electrons. The van der Waals surface area contributed by atoms with Gasteiger partial charge >= 0.3 is 0 Å². The summed E-state index contributed by atoms with van der Waals surface area (Å²) in [6.07, 6.45) is 6.20. The Bertz CT molecular complexity index is 252. The molecule has 0 unspecified atom stereocenters. The second-order valence-electron chi connectivity index (χ2n) is 6.11. The van der Waals surface area contributed by atoms with Crippen molar-refractivity contribution in [3.05, 3.63) is 0 Å². The molecule has 118 valence electrons. The summed E-state index contributed by atoms with van der Waals surface area (Å²) in [7, 11) is 0.